The first kappa shape index (κ1) is 23.5. The molecule has 5 aromatic rings. The lowest BCUT2D eigenvalue weighted by Crippen LogP contribution is -2.32. The van der Waals surface area contributed by atoms with Crippen molar-refractivity contribution in [1.29, 1.82) is 5.26 Å². The Morgan fingerprint density at radius 1 is 0.946 bits per heavy atom. The van der Waals surface area contributed by atoms with Crippen LogP contribution in [0.25, 0.3) is 43.6 Å². The van der Waals surface area contributed by atoms with Gasteiger partial charge in [-0.2, -0.15) is 5.26 Å². The van der Waals surface area contributed by atoms with Crippen LogP contribution in [0.3, 0.4) is 0 Å². The van der Waals surface area contributed by atoms with Crippen molar-refractivity contribution in [3.8, 4) is 28.8 Å². The molecule has 1 aromatic heterocycles. The molecule has 0 bridgehead atoms. The number of nitriles is 1. The molecule has 3 heteroatoms. The van der Waals surface area contributed by atoms with E-state index in [0.717, 1.165) is 23.3 Å². The molecule has 0 atom stereocenters. The number of aryl methyl sites for hydroxylation is 2. The lowest BCUT2D eigenvalue weighted by atomic mass is 9.83. The Hall–Kier alpha value is -3.90. The van der Waals surface area contributed by atoms with Crippen LogP contribution in [0.5, 0.6) is 11.5 Å². The Morgan fingerprint density at radius 2 is 1.68 bits per heavy atom. The Bertz CT molecular complexity index is 1790. The summed E-state index contributed by atoms with van der Waals surface area (Å²) in [5.74, 6) is 2.40. The van der Waals surface area contributed by atoms with E-state index in [2.05, 4.69) is 99.2 Å². The number of fused-ring (bicyclic) bond motifs is 5. The van der Waals surface area contributed by atoms with E-state index >= 15 is 0 Å². The van der Waals surface area contributed by atoms with Crippen molar-refractivity contribution in [3.05, 3.63) is 77.5 Å². The smallest absolute Gasteiger partial charge is 0.228 e. The molecule has 1 aliphatic rings. The first-order valence-electron chi connectivity index (χ1n) is 13.2. The predicted molar refractivity (Wildman–Crippen MR) is 152 cm³/mol. The van der Waals surface area contributed by atoms with Gasteiger partial charge in [-0.3, -0.25) is 0 Å². The molecule has 0 amide bonds. The first-order valence-corrected chi connectivity index (χ1v) is 13.2. The summed E-state index contributed by atoms with van der Waals surface area (Å²) < 4.78 is 9.22. The highest BCUT2D eigenvalue weighted by Gasteiger charge is 2.34. The van der Waals surface area contributed by atoms with Gasteiger partial charge in [-0.05, 0) is 78.3 Å². The van der Waals surface area contributed by atoms with Crippen molar-refractivity contribution in [2.75, 3.05) is 0 Å². The van der Waals surface area contributed by atoms with Crippen LogP contribution in [0.15, 0.2) is 60.8 Å². The molecule has 4 aromatic carbocycles. The summed E-state index contributed by atoms with van der Waals surface area (Å²) in [6.45, 7) is 10.8. The largest absolute Gasteiger partial charge is 0.455 e. The highest BCUT2D eigenvalue weighted by atomic mass is 16.5. The minimum Gasteiger partial charge on any atom is -0.455 e. The van der Waals surface area contributed by atoms with Gasteiger partial charge >= 0.3 is 0 Å². The number of rotatable bonds is 4. The van der Waals surface area contributed by atoms with Gasteiger partial charge in [-0.15, -0.1) is 0 Å². The second-order valence-corrected chi connectivity index (χ2v) is 11.7. The number of pyridine rings is 1. The molecule has 0 spiro atoms. The van der Waals surface area contributed by atoms with Crippen molar-refractivity contribution in [1.82, 2.24) is 0 Å². The predicted octanol–water partition coefficient (Wildman–Crippen LogP) is 8.34. The number of nitrogens with zero attached hydrogens (tertiary/aromatic N) is 2. The molecule has 37 heavy (non-hydrogen) atoms. The maximum absolute atomic E-state index is 9.72. The molecule has 0 unspecified atom stereocenters. The van der Waals surface area contributed by atoms with Gasteiger partial charge in [0, 0.05) is 17.0 Å². The van der Waals surface area contributed by atoms with Crippen LogP contribution in [0.4, 0.5) is 0 Å². The fourth-order valence-corrected chi connectivity index (χ4v) is 6.17. The third-order valence-corrected chi connectivity index (χ3v) is 7.86. The van der Waals surface area contributed by atoms with Crippen LogP contribution < -0.4 is 9.30 Å². The zero-order chi connectivity index (χ0) is 26.1. The monoisotopic (exact) mass is 485 g/mol. The Labute approximate surface area is 218 Å². The summed E-state index contributed by atoms with van der Waals surface area (Å²) in [6.07, 6.45) is 3.82. The first-order chi connectivity index (χ1) is 17.7. The second kappa shape index (κ2) is 8.32. The Kier molecular flexibility index (Phi) is 5.28. The average molecular weight is 486 g/mol. The number of ether oxygens (including phenoxy) is 1. The van der Waals surface area contributed by atoms with E-state index in [4.69, 9.17) is 4.74 Å². The van der Waals surface area contributed by atoms with Gasteiger partial charge < -0.3 is 4.74 Å². The van der Waals surface area contributed by atoms with Gasteiger partial charge in [-0.25, -0.2) is 4.57 Å². The summed E-state index contributed by atoms with van der Waals surface area (Å²) in [6, 6.07) is 22.1. The number of hydrogen-bond donors (Lipinski definition) is 0. The summed E-state index contributed by atoms with van der Waals surface area (Å²) >= 11 is 0. The number of hydrogen-bond acceptors (Lipinski definition) is 2. The van der Waals surface area contributed by atoms with Crippen molar-refractivity contribution < 1.29 is 9.30 Å². The molecular weight excluding hydrogens is 452 g/mol. The topological polar surface area (TPSA) is 36.9 Å². The van der Waals surface area contributed by atoms with Crippen molar-refractivity contribution in [2.24, 2.45) is 18.4 Å². The SMILES string of the molecule is Cc1c2c(c(CC(C)C)c3ccccc13)Oc1cc3c(CC(C)(C)C#N)cccc3c3cc[n+](C)c-2c13. The van der Waals surface area contributed by atoms with E-state index in [1.54, 1.807) is 0 Å². The molecule has 3 nitrogen and oxygen atoms in total. The maximum Gasteiger partial charge on any atom is 0.228 e. The van der Waals surface area contributed by atoms with Crippen molar-refractivity contribution >= 4 is 32.3 Å². The van der Waals surface area contributed by atoms with Crippen LogP contribution in [0.2, 0.25) is 0 Å². The van der Waals surface area contributed by atoms with Gasteiger partial charge in [0.1, 0.15) is 18.5 Å². The van der Waals surface area contributed by atoms with Gasteiger partial charge in [-0.1, -0.05) is 56.3 Å². The molecule has 2 heterocycles. The fraction of sp³-hybridized carbons (Fsp3) is 0.294. The van der Waals surface area contributed by atoms with E-state index in [9.17, 15) is 5.26 Å². The number of aromatic nitrogens is 1. The van der Waals surface area contributed by atoms with Gasteiger partial charge in [0.25, 0.3) is 0 Å². The fourth-order valence-electron chi connectivity index (χ4n) is 6.17. The molecular formula is C34H33N2O+. The van der Waals surface area contributed by atoms with E-state index < -0.39 is 5.41 Å². The lowest BCUT2D eigenvalue weighted by molar-refractivity contribution is -0.659. The highest BCUT2D eigenvalue weighted by Crippen LogP contribution is 2.52. The summed E-state index contributed by atoms with van der Waals surface area (Å²) in [4.78, 5) is 0. The number of benzene rings is 4. The van der Waals surface area contributed by atoms with Crippen LogP contribution in [-0.4, -0.2) is 0 Å². The molecule has 0 radical (unpaired) electrons. The zero-order valence-corrected chi connectivity index (χ0v) is 22.6. The van der Waals surface area contributed by atoms with Gasteiger partial charge in [0.2, 0.25) is 5.69 Å². The van der Waals surface area contributed by atoms with Crippen LogP contribution >= 0.6 is 0 Å². The molecule has 0 saturated heterocycles. The average Bonchev–Trinajstić information content (AvgIpc) is 2.87. The molecule has 0 fully saturated rings. The van der Waals surface area contributed by atoms with E-state index in [0.29, 0.717) is 12.3 Å². The van der Waals surface area contributed by atoms with E-state index in [1.807, 2.05) is 13.8 Å². The second-order valence-electron chi connectivity index (χ2n) is 11.7. The van der Waals surface area contributed by atoms with Crippen molar-refractivity contribution in [3.63, 3.8) is 0 Å². The van der Waals surface area contributed by atoms with Crippen LogP contribution in [0, 0.1) is 29.6 Å². The van der Waals surface area contributed by atoms with Crippen LogP contribution in [0.1, 0.15) is 44.4 Å². The Balaban J connectivity index is 1.74. The van der Waals surface area contributed by atoms with Crippen LogP contribution in [-0.2, 0) is 19.9 Å². The Morgan fingerprint density at radius 3 is 2.41 bits per heavy atom. The molecule has 0 N–H and O–H groups in total. The summed E-state index contributed by atoms with van der Waals surface area (Å²) in [5.41, 5.74) is 5.71. The standard InChI is InChI=1S/C34H33N2O/c1-20(2)16-28-24-12-8-7-11-23(24)21(3)30-32-31-26(14-15-36(32)6)25-13-9-10-22(18-34(4,5)19-35)27(25)17-29(31)37-33(28)30/h7-15,17,20H,16,18H2,1-6H3/q+1. The summed E-state index contributed by atoms with van der Waals surface area (Å²) in [7, 11) is 2.14. The molecule has 0 aliphatic carbocycles. The molecule has 6 rings (SSSR count). The summed E-state index contributed by atoms with van der Waals surface area (Å²) in [5, 5.41) is 17.0. The molecule has 1 aliphatic heterocycles. The lowest BCUT2D eigenvalue weighted by Gasteiger charge is -2.26. The van der Waals surface area contributed by atoms with E-state index in [1.165, 1.54) is 54.9 Å². The third kappa shape index (κ3) is 3.58. The quantitative estimate of drug-likeness (QED) is 0.186. The minimum atomic E-state index is -0.442. The van der Waals surface area contributed by atoms with E-state index in [-0.39, 0.29) is 0 Å². The minimum absolute atomic E-state index is 0.442. The zero-order valence-electron chi connectivity index (χ0n) is 22.6. The highest BCUT2D eigenvalue weighted by molar-refractivity contribution is 6.16. The maximum atomic E-state index is 9.72. The van der Waals surface area contributed by atoms with Gasteiger partial charge in [0.15, 0.2) is 6.20 Å². The van der Waals surface area contributed by atoms with Gasteiger partial charge in [0.05, 0.1) is 22.4 Å². The normalized spacial score (nSPS) is 12.7. The van der Waals surface area contributed by atoms with Crippen molar-refractivity contribution in [2.45, 2.75) is 47.5 Å². The molecule has 184 valence electrons. The molecule has 0 saturated carbocycles. The third-order valence-electron chi connectivity index (χ3n) is 7.86.